The molecular formula is C13H14NO3S+. The third-order valence-corrected chi connectivity index (χ3v) is 3.71. The molecule has 0 N–H and O–H groups in total. The Morgan fingerprint density at radius 1 is 1.00 bits per heavy atom. The van der Waals surface area contributed by atoms with E-state index in [9.17, 15) is 8.42 Å². The molecule has 1 aromatic heterocycles. The van der Waals surface area contributed by atoms with E-state index in [4.69, 9.17) is 4.28 Å². The van der Waals surface area contributed by atoms with Gasteiger partial charge in [-0.3, -0.25) is 0 Å². The van der Waals surface area contributed by atoms with Gasteiger partial charge in [0.05, 0.1) is 0 Å². The number of hydrogen-bond acceptors (Lipinski definition) is 3. The van der Waals surface area contributed by atoms with E-state index in [1.165, 1.54) is 16.9 Å². The van der Waals surface area contributed by atoms with E-state index in [-0.39, 0.29) is 4.90 Å². The Kier molecular flexibility index (Phi) is 3.34. The van der Waals surface area contributed by atoms with Crippen LogP contribution in [-0.2, 0) is 10.1 Å². The summed E-state index contributed by atoms with van der Waals surface area (Å²) in [6, 6.07) is 11.8. The lowest BCUT2D eigenvalue weighted by Gasteiger charge is -2.02. The van der Waals surface area contributed by atoms with Crippen molar-refractivity contribution >= 4 is 10.1 Å². The first-order valence-electron chi connectivity index (χ1n) is 5.48. The van der Waals surface area contributed by atoms with Gasteiger partial charge in [-0.1, -0.05) is 17.7 Å². The van der Waals surface area contributed by atoms with Crippen LogP contribution in [0.25, 0.3) is 0 Å². The Balaban J connectivity index is 2.33. The maximum atomic E-state index is 12.0. The number of hydrogen-bond donors (Lipinski definition) is 0. The Morgan fingerprint density at radius 3 is 2.28 bits per heavy atom. The highest BCUT2D eigenvalue weighted by Crippen LogP contribution is 2.10. The number of nitrogens with zero attached hydrogens (tertiary/aromatic N) is 1. The van der Waals surface area contributed by atoms with Gasteiger partial charge in [0.1, 0.15) is 4.90 Å². The molecule has 0 amide bonds. The van der Waals surface area contributed by atoms with Crippen LogP contribution >= 0.6 is 0 Å². The van der Waals surface area contributed by atoms with Crippen molar-refractivity contribution in [3.63, 3.8) is 0 Å². The second kappa shape index (κ2) is 4.78. The van der Waals surface area contributed by atoms with E-state index in [2.05, 4.69) is 0 Å². The van der Waals surface area contributed by atoms with Crippen LogP contribution in [0.1, 0.15) is 11.3 Å². The maximum absolute atomic E-state index is 12.0. The van der Waals surface area contributed by atoms with E-state index in [0.29, 0.717) is 5.69 Å². The molecule has 0 unspecified atom stereocenters. The normalized spacial score (nSPS) is 11.2. The maximum Gasteiger partial charge on any atom is 0.396 e. The van der Waals surface area contributed by atoms with Gasteiger partial charge < -0.3 is 0 Å². The van der Waals surface area contributed by atoms with Crippen LogP contribution in [0.5, 0.6) is 0 Å². The fourth-order valence-corrected chi connectivity index (χ4v) is 2.39. The first-order chi connectivity index (χ1) is 8.49. The van der Waals surface area contributed by atoms with Gasteiger partial charge in [-0.05, 0) is 25.1 Å². The lowest BCUT2D eigenvalue weighted by Crippen LogP contribution is -2.47. The SMILES string of the molecule is Cc1ccc(S(=O)(=O)O[n+]2ccccc2C)cc1. The average molecular weight is 264 g/mol. The zero-order chi connectivity index (χ0) is 13.2. The third-order valence-electron chi connectivity index (χ3n) is 2.51. The average Bonchev–Trinajstić information content (AvgIpc) is 2.32. The molecule has 4 nitrogen and oxygen atoms in total. The number of aryl methyl sites for hydroxylation is 2. The quantitative estimate of drug-likeness (QED) is 0.787. The predicted molar refractivity (Wildman–Crippen MR) is 66.3 cm³/mol. The van der Waals surface area contributed by atoms with Crippen LogP contribution in [0.3, 0.4) is 0 Å². The monoisotopic (exact) mass is 264 g/mol. The van der Waals surface area contributed by atoms with E-state index in [0.717, 1.165) is 5.56 Å². The molecule has 5 heteroatoms. The molecule has 0 aliphatic rings. The number of aromatic nitrogens is 1. The van der Waals surface area contributed by atoms with Crippen LogP contribution in [0.4, 0.5) is 0 Å². The van der Waals surface area contributed by atoms with Crippen molar-refractivity contribution in [1.29, 1.82) is 0 Å². The van der Waals surface area contributed by atoms with Gasteiger partial charge in [-0.25, -0.2) is 0 Å². The van der Waals surface area contributed by atoms with Crippen molar-refractivity contribution in [2.24, 2.45) is 0 Å². The zero-order valence-electron chi connectivity index (χ0n) is 10.2. The first-order valence-corrected chi connectivity index (χ1v) is 6.89. The van der Waals surface area contributed by atoms with Gasteiger partial charge in [0.25, 0.3) is 0 Å². The lowest BCUT2D eigenvalue weighted by molar-refractivity contribution is -0.860. The highest BCUT2D eigenvalue weighted by Gasteiger charge is 2.22. The van der Waals surface area contributed by atoms with Gasteiger partial charge in [0.2, 0.25) is 11.9 Å². The highest BCUT2D eigenvalue weighted by molar-refractivity contribution is 7.86. The molecule has 0 radical (unpaired) electrons. The van der Waals surface area contributed by atoms with Gasteiger partial charge in [-0.15, -0.1) is 4.28 Å². The van der Waals surface area contributed by atoms with Crippen LogP contribution in [-0.4, -0.2) is 8.42 Å². The van der Waals surface area contributed by atoms with E-state index < -0.39 is 10.1 Å². The standard InChI is InChI=1S/C13H14NO3S/c1-11-6-8-13(9-7-11)18(15,16)17-14-10-4-3-5-12(14)2/h3-10H,1-2H3/q+1. The summed E-state index contributed by atoms with van der Waals surface area (Å²) in [5.41, 5.74) is 1.70. The van der Waals surface area contributed by atoms with Gasteiger partial charge in [0.15, 0.2) is 0 Å². The van der Waals surface area contributed by atoms with Crippen molar-refractivity contribution in [3.05, 3.63) is 59.9 Å². The minimum absolute atomic E-state index is 0.142. The fourth-order valence-electron chi connectivity index (χ4n) is 1.45. The lowest BCUT2D eigenvalue weighted by atomic mass is 10.2. The van der Waals surface area contributed by atoms with Gasteiger partial charge in [-0.2, -0.15) is 8.42 Å². The summed E-state index contributed by atoms with van der Waals surface area (Å²) >= 11 is 0. The van der Waals surface area contributed by atoms with E-state index in [1.54, 1.807) is 37.4 Å². The summed E-state index contributed by atoms with van der Waals surface area (Å²) in [6.07, 6.45) is 1.56. The van der Waals surface area contributed by atoms with Crippen LogP contribution in [0.2, 0.25) is 0 Å². The van der Waals surface area contributed by atoms with Gasteiger partial charge in [0, 0.05) is 23.8 Å². The second-order valence-electron chi connectivity index (χ2n) is 4.01. The van der Waals surface area contributed by atoms with Crippen molar-refractivity contribution in [2.45, 2.75) is 18.7 Å². The number of pyridine rings is 1. The topological polar surface area (TPSA) is 47.3 Å². The molecule has 94 valence electrons. The molecule has 18 heavy (non-hydrogen) atoms. The molecule has 0 atom stereocenters. The van der Waals surface area contributed by atoms with Crippen molar-refractivity contribution in [3.8, 4) is 0 Å². The molecule has 1 heterocycles. The summed E-state index contributed by atoms with van der Waals surface area (Å²) in [4.78, 5) is 0.142. The number of rotatable bonds is 3. The molecular weight excluding hydrogens is 250 g/mol. The molecule has 0 bridgehead atoms. The van der Waals surface area contributed by atoms with Crippen LogP contribution in [0.15, 0.2) is 53.6 Å². The summed E-state index contributed by atoms with van der Waals surface area (Å²) in [5.74, 6) is 0. The minimum atomic E-state index is -3.79. The summed E-state index contributed by atoms with van der Waals surface area (Å²) in [5, 5.41) is 0. The molecule has 0 aliphatic heterocycles. The van der Waals surface area contributed by atoms with Gasteiger partial charge >= 0.3 is 10.1 Å². The molecule has 0 saturated carbocycles. The number of benzene rings is 1. The third kappa shape index (κ3) is 2.68. The van der Waals surface area contributed by atoms with Crippen LogP contribution in [0, 0.1) is 13.8 Å². The Bertz CT molecular complexity index is 648. The second-order valence-corrected chi connectivity index (χ2v) is 5.54. The van der Waals surface area contributed by atoms with Crippen LogP contribution < -0.4 is 9.01 Å². The molecule has 2 aromatic rings. The van der Waals surface area contributed by atoms with Crippen molar-refractivity contribution in [2.75, 3.05) is 0 Å². The largest absolute Gasteiger partial charge is 0.396 e. The summed E-state index contributed by atoms with van der Waals surface area (Å²) in [6.45, 7) is 3.66. The van der Waals surface area contributed by atoms with E-state index in [1.807, 2.05) is 13.0 Å². The highest BCUT2D eigenvalue weighted by atomic mass is 32.2. The summed E-state index contributed by atoms with van der Waals surface area (Å²) < 4.78 is 30.3. The molecule has 0 aliphatic carbocycles. The first kappa shape index (κ1) is 12.6. The zero-order valence-corrected chi connectivity index (χ0v) is 11.0. The van der Waals surface area contributed by atoms with Crippen molar-refractivity contribution < 1.29 is 17.4 Å². The Labute approximate surface area is 107 Å². The van der Waals surface area contributed by atoms with Crippen molar-refractivity contribution in [1.82, 2.24) is 0 Å². The molecule has 2 rings (SSSR count). The smallest absolute Gasteiger partial charge is 0.176 e. The minimum Gasteiger partial charge on any atom is -0.176 e. The molecule has 0 saturated heterocycles. The Hall–Kier alpha value is -1.88. The molecule has 0 fully saturated rings. The van der Waals surface area contributed by atoms with E-state index >= 15 is 0 Å². The Morgan fingerprint density at radius 2 is 1.67 bits per heavy atom. The summed E-state index contributed by atoms with van der Waals surface area (Å²) in [7, 11) is -3.79. The fraction of sp³-hybridized carbons (Fsp3) is 0.154. The molecule has 0 spiro atoms. The molecule has 1 aromatic carbocycles. The predicted octanol–water partition coefficient (Wildman–Crippen LogP) is 1.41.